The third-order valence-corrected chi connectivity index (χ3v) is 1.87. The summed E-state index contributed by atoms with van der Waals surface area (Å²) in [5.74, 6) is 0. The van der Waals surface area contributed by atoms with Gasteiger partial charge in [-0.05, 0) is 27.2 Å². The molecule has 0 radical (unpaired) electrons. The standard InChI is InChI=1S/C14H25NO2/c1-5-6-7-8-9-10-11-12-15-13(16)17-14(2,3)4/h8-11H,5-7,12H2,1-4H3,(H,15,16)/b9-8+,11-10+. The lowest BCUT2D eigenvalue weighted by molar-refractivity contribution is 0.0534. The van der Waals surface area contributed by atoms with Gasteiger partial charge in [-0.25, -0.2) is 4.79 Å². The minimum absolute atomic E-state index is 0.378. The highest BCUT2D eigenvalue weighted by atomic mass is 16.6. The van der Waals surface area contributed by atoms with E-state index in [0.29, 0.717) is 6.54 Å². The second kappa shape index (κ2) is 8.85. The van der Waals surface area contributed by atoms with Crippen LogP contribution < -0.4 is 5.32 Å². The molecule has 17 heavy (non-hydrogen) atoms. The lowest BCUT2D eigenvalue weighted by Crippen LogP contribution is -2.32. The van der Waals surface area contributed by atoms with Gasteiger partial charge >= 0.3 is 6.09 Å². The number of unbranched alkanes of at least 4 members (excludes halogenated alkanes) is 2. The van der Waals surface area contributed by atoms with Crippen LogP contribution in [0.1, 0.15) is 47.0 Å². The molecule has 0 heterocycles. The predicted molar refractivity (Wildman–Crippen MR) is 72.0 cm³/mol. The van der Waals surface area contributed by atoms with Gasteiger partial charge in [0, 0.05) is 6.54 Å². The van der Waals surface area contributed by atoms with E-state index in [1.807, 2.05) is 39.0 Å². The van der Waals surface area contributed by atoms with Crippen molar-refractivity contribution in [2.75, 3.05) is 6.54 Å². The molecule has 0 rings (SSSR count). The van der Waals surface area contributed by atoms with E-state index in [0.717, 1.165) is 6.42 Å². The van der Waals surface area contributed by atoms with E-state index in [-0.39, 0.29) is 6.09 Å². The molecule has 0 saturated heterocycles. The topological polar surface area (TPSA) is 38.3 Å². The van der Waals surface area contributed by atoms with E-state index in [4.69, 9.17) is 4.74 Å². The van der Waals surface area contributed by atoms with Crippen LogP contribution in [0.3, 0.4) is 0 Å². The van der Waals surface area contributed by atoms with E-state index in [1.165, 1.54) is 12.8 Å². The maximum absolute atomic E-state index is 11.2. The fraction of sp³-hybridized carbons (Fsp3) is 0.643. The second-order valence-electron chi connectivity index (χ2n) is 4.88. The Hall–Kier alpha value is -1.25. The molecule has 3 heteroatoms. The van der Waals surface area contributed by atoms with Gasteiger partial charge in [0.1, 0.15) is 5.60 Å². The normalized spacial score (nSPS) is 12.2. The molecule has 3 nitrogen and oxygen atoms in total. The van der Waals surface area contributed by atoms with Crippen molar-refractivity contribution in [3.63, 3.8) is 0 Å². The average molecular weight is 239 g/mol. The Morgan fingerprint density at radius 1 is 1.24 bits per heavy atom. The van der Waals surface area contributed by atoms with Crippen LogP contribution in [0.4, 0.5) is 4.79 Å². The summed E-state index contributed by atoms with van der Waals surface area (Å²) in [6.45, 7) is 8.21. The summed E-state index contributed by atoms with van der Waals surface area (Å²) in [6, 6.07) is 0. The summed E-state index contributed by atoms with van der Waals surface area (Å²) in [7, 11) is 0. The molecule has 0 aromatic carbocycles. The summed E-state index contributed by atoms with van der Waals surface area (Å²) >= 11 is 0. The third kappa shape index (κ3) is 12.7. The van der Waals surface area contributed by atoms with Crippen LogP contribution in [0.25, 0.3) is 0 Å². The predicted octanol–water partition coefficient (Wildman–Crippen LogP) is 3.81. The van der Waals surface area contributed by atoms with Gasteiger partial charge < -0.3 is 10.1 Å². The lowest BCUT2D eigenvalue weighted by Gasteiger charge is -2.19. The van der Waals surface area contributed by atoms with Gasteiger partial charge in [-0.3, -0.25) is 0 Å². The Labute approximate surface area is 105 Å². The number of carbonyl (C=O) groups excluding carboxylic acids is 1. The van der Waals surface area contributed by atoms with Crippen LogP contribution >= 0.6 is 0 Å². The van der Waals surface area contributed by atoms with Gasteiger partial charge in [0.15, 0.2) is 0 Å². The first-order chi connectivity index (χ1) is 7.95. The highest BCUT2D eigenvalue weighted by Crippen LogP contribution is 2.06. The number of ether oxygens (including phenoxy) is 1. The molecule has 0 unspecified atom stereocenters. The number of nitrogens with one attached hydrogen (secondary N) is 1. The summed E-state index contributed by atoms with van der Waals surface area (Å²) in [5.41, 5.74) is -0.437. The quantitative estimate of drug-likeness (QED) is 0.565. The van der Waals surface area contributed by atoms with Crippen molar-refractivity contribution in [3.05, 3.63) is 24.3 Å². The number of hydrogen-bond acceptors (Lipinski definition) is 2. The monoisotopic (exact) mass is 239 g/mol. The summed E-state index contributed by atoms with van der Waals surface area (Å²) in [4.78, 5) is 11.2. The van der Waals surface area contributed by atoms with Crippen LogP contribution in [-0.2, 0) is 4.74 Å². The lowest BCUT2D eigenvalue weighted by atomic mass is 10.2. The Balaban J connectivity index is 3.59. The maximum Gasteiger partial charge on any atom is 0.407 e. The van der Waals surface area contributed by atoms with Gasteiger partial charge in [-0.1, -0.05) is 44.1 Å². The molecule has 0 atom stereocenters. The maximum atomic E-state index is 11.2. The van der Waals surface area contributed by atoms with E-state index < -0.39 is 5.60 Å². The third-order valence-electron chi connectivity index (χ3n) is 1.87. The molecular formula is C14H25NO2. The van der Waals surface area contributed by atoms with E-state index in [9.17, 15) is 4.79 Å². The van der Waals surface area contributed by atoms with Crippen molar-refractivity contribution in [2.45, 2.75) is 52.6 Å². The van der Waals surface area contributed by atoms with E-state index in [2.05, 4.69) is 18.3 Å². The second-order valence-corrected chi connectivity index (χ2v) is 4.88. The van der Waals surface area contributed by atoms with Crippen molar-refractivity contribution in [1.29, 1.82) is 0 Å². The van der Waals surface area contributed by atoms with Crippen LogP contribution in [0.15, 0.2) is 24.3 Å². The fourth-order valence-electron chi connectivity index (χ4n) is 1.10. The molecule has 0 spiro atoms. The molecule has 0 bridgehead atoms. The fourth-order valence-corrected chi connectivity index (χ4v) is 1.10. The van der Waals surface area contributed by atoms with Crippen LogP contribution in [0.5, 0.6) is 0 Å². The van der Waals surface area contributed by atoms with Gasteiger partial charge in [0.2, 0.25) is 0 Å². The van der Waals surface area contributed by atoms with Gasteiger partial charge in [-0.2, -0.15) is 0 Å². The Morgan fingerprint density at radius 2 is 1.88 bits per heavy atom. The first-order valence-electron chi connectivity index (χ1n) is 6.24. The zero-order valence-corrected chi connectivity index (χ0v) is 11.5. The van der Waals surface area contributed by atoms with Crippen molar-refractivity contribution in [2.24, 2.45) is 0 Å². The largest absolute Gasteiger partial charge is 0.444 e. The van der Waals surface area contributed by atoms with Crippen molar-refractivity contribution < 1.29 is 9.53 Å². The molecule has 0 aliphatic heterocycles. The number of alkyl carbamates (subject to hydrolysis) is 1. The summed E-state index contributed by atoms with van der Waals surface area (Å²) in [6.07, 6.45) is 11.1. The summed E-state index contributed by atoms with van der Waals surface area (Å²) < 4.78 is 5.10. The minimum Gasteiger partial charge on any atom is -0.444 e. The zero-order valence-electron chi connectivity index (χ0n) is 11.5. The number of amides is 1. The molecule has 0 saturated carbocycles. The first-order valence-corrected chi connectivity index (χ1v) is 6.24. The molecule has 0 fully saturated rings. The summed E-state index contributed by atoms with van der Waals surface area (Å²) in [5, 5.41) is 2.66. The molecule has 98 valence electrons. The molecular weight excluding hydrogens is 214 g/mol. The van der Waals surface area contributed by atoms with Crippen molar-refractivity contribution >= 4 is 6.09 Å². The smallest absolute Gasteiger partial charge is 0.407 e. The van der Waals surface area contributed by atoms with E-state index >= 15 is 0 Å². The van der Waals surface area contributed by atoms with Crippen LogP contribution in [0, 0.1) is 0 Å². The highest BCUT2D eigenvalue weighted by Gasteiger charge is 2.14. The Bertz CT molecular complexity index is 262. The van der Waals surface area contributed by atoms with Gasteiger partial charge in [-0.15, -0.1) is 0 Å². The molecule has 1 N–H and O–H groups in total. The van der Waals surface area contributed by atoms with Crippen LogP contribution in [-0.4, -0.2) is 18.2 Å². The number of carbonyl (C=O) groups is 1. The Morgan fingerprint density at radius 3 is 2.47 bits per heavy atom. The zero-order chi connectivity index (χ0) is 13.1. The average Bonchev–Trinajstić information content (AvgIpc) is 2.19. The SMILES string of the molecule is CCCC/C=C/C=C/CNC(=O)OC(C)(C)C. The van der Waals surface area contributed by atoms with E-state index in [1.54, 1.807) is 0 Å². The number of allylic oxidation sites excluding steroid dienone is 3. The van der Waals surface area contributed by atoms with Crippen molar-refractivity contribution in [1.82, 2.24) is 5.32 Å². The van der Waals surface area contributed by atoms with Crippen LogP contribution in [0.2, 0.25) is 0 Å². The molecule has 0 aliphatic carbocycles. The molecule has 1 amide bonds. The highest BCUT2D eigenvalue weighted by molar-refractivity contribution is 5.67. The minimum atomic E-state index is -0.437. The molecule has 0 aromatic heterocycles. The first kappa shape index (κ1) is 15.8. The van der Waals surface area contributed by atoms with Gasteiger partial charge in [0.05, 0.1) is 0 Å². The molecule has 0 aliphatic rings. The Kier molecular flexibility index (Phi) is 8.20. The molecule has 0 aromatic rings. The number of rotatable bonds is 6. The number of hydrogen-bond donors (Lipinski definition) is 1. The van der Waals surface area contributed by atoms with Crippen molar-refractivity contribution in [3.8, 4) is 0 Å². The van der Waals surface area contributed by atoms with Gasteiger partial charge in [0.25, 0.3) is 0 Å².